The molecule has 21 heteroatoms. The van der Waals surface area contributed by atoms with Crippen LogP contribution in [0.15, 0.2) is 4.79 Å². The molecule has 4 N–H and O–H groups in total. The van der Waals surface area contributed by atoms with Gasteiger partial charge in [0.25, 0.3) is 5.56 Å². The van der Waals surface area contributed by atoms with Crippen molar-refractivity contribution in [2.75, 3.05) is 6.61 Å². The number of ether oxygens (including phenoxy) is 1. The summed E-state index contributed by atoms with van der Waals surface area (Å²) in [6.45, 7) is -0.658. The molecule has 0 radical (unpaired) electrons. The smallest absolute Gasteiger partial charge is 0.351 e. The van der Waals surface area contributed by atoms with Gasteiger partial charge in [-0.25, -0.2) is 13.7 Å². The van der Waals surface area contributed by atoms with Crippen molar-refractivity contribution in [3.63, 3.8) is 0 Å². The minimum Gasteiger partial charge on any atom is -0.351 e. The van der Waals surface area contributed by atoms with Crippen LogP contribution in [0.5, 0.6) is 0 Å². The number of fused-ring (bicyclic) bond motifs is 1. The van der Waals surface area contributed by atoms with E-state index in [0.29, 0.717) is 0 Å². The molecule has 1 fully saturated rings. The minimum atomic E-state index is -5.63. The molecule has 1 saturated heterocycles. The fourth-order valence-corrected chi connectivity index (χ4v) is 5.87. The highest BCUT2D eigenvalue weighted by Crippen LogP contribution is 2.66. The number of hydrogen-bond acceptors (Lipinski definition) is 12. The predicted molar refractivity (Wildman–Crippen MR) is 98.2 cm³/mol. The highest BCUT2D eigenvalue weighted by molar-refractivity contribution is 7.66. The van der Waals surface area contributed by atoms with Crippen LogP contribution in [0.4, 0.5) is 0 Å². The number of aromatic nitrogens is 5. The van der Waals surface area contributed by atoms with Crippen LogP contribution in [0.1, 0.15) is 24.8 Å². The van der Waals surface area contributed by atoms with E-state index in [9.17, 15) is 23.4 Å². The fourth-order valence-electron chi connectivity index (χ4n) is 2.82. The Balaban J connectivity index is 1.66. The third-order valence-electron chi connectivity index (χ3n) is 3.98. The van der Waals surface area contributed by atoms with Gasteiger partial charge in [-0.2, -0.15) is 23.7 Å². The number of rotatable bonds is 8. The lowest BCUT2D eigenvalue weighted by molar-refractivity contribution is -0.0311. The molecule has 0 amide bonds. The second-order valence-corrected chi connectivity index (χ2v) is 10.7. The summed E-state index contributed by atoms with van der Waals surface area (Å²) in [5.41, 5.74) is -0.708. The van der Waals surface area contributed by atoms with Crippen molar-refractivity contribution in [3.8, 4) is 6.07 Å². The maximum absolute atomic E-state index is 12.7. The summed E-state index contributed by atoms with van der Waals surface area (Å²) >= 11 is 0. The number of aryl methyl sites for hydroxylation is 1. The van der Waals surface area contributed by atoms with Crippen LogP contribution in [0.3, 0.4) is 0 Å². The molecule has 2 aromatic heterocycles. The monoisotopic (exact) mass is 516 g/mol. The molecule has 176 valence electrons. The van der Waals surface area contributed by atoms with Crippen LogP contribution in [-0.4, -0.2) is 57.1 Å². The first-order valence-electron chi connectivity index (χ1n) is 8.37. The predicted octanol–water partition coefficient (Wildman–Crippen LogP) is -0.582. The van der Waals surface area contributed by atoms with Gasteiger partial charge in [0.2, 0.25) is 0 Å². The summed E-state index contributed by atoms with van der Waals surface area (Å²) in [5.74, 6) is 0. The first kappa shape index (κ1) is 24.8. The van der Waals surface area contributed by atoms with Crippen molar-refractivity contribution >= 4 is 34.5 Å². The Labute approximate surface area is 177 Å². The van der Waals surface area contributed by atoms with Crippen molar-refractivity contribution in [3.05, 3.63) is 16.0 Å². The van der Waals surface area contributed by atoms with E-state index in [1.807, 2.05) is 0 Å². The molecule has 0 spiro atoms. The van der Waals surface area contributed by atoms with Gasteiger partial charge in [0.15, 0.2) is 23.0 Å². The lowest BCUT2D eigenvalue weighted by Gasteiger charge is -2.18. The van der Waals surface area contributed by atoms with Crippen molar-refractivity contribution in [2.45, 2.75) is 25.2 Å². The highest BCUT2D eigenvalue weighted by atomic mass is 31.3. The van der Waals surface area contributed by atoms with Crippen LogP contribution in [0, 0.1) is 11.3 Å². The molecule has 32 heavy (non-hydrogen) atoms. The number of nitrogens with zero attached hydrogens (tertiary/aromatic N) is 6. The molecular weight excluding hydrogens is 501 g/mol. The minimum absolute atomic E-state index is 0.0110. The standard InChI is InChI=1S/C11H15N6O12P3/c1-16-10-9(7(4-12)14-16)13-15-17(11(10)18)8-3-2-6(27-8)5-26-31(22,23)29-32(24,25)28-30(19,20)21/h6,8H,2-3,5H2,1H3,(H,22,23)(H,24,25)(H2,19,20,21). The zero-order chi connectivity index (χ0) is 23.9. The zero-order valence-corrected chi connectivity index (χ0v) is 18.5. The molecule has 1 aliphatic rings. The second kappa shape index (κ2) is 8.82. The van der Waals surface area contributed by atoms with Crippen molar-refractivity contribution < 1.29 is 51.2 Å². The average Bonchev–Trinajstić information content (AvgIpc) is 3.22. The molecule has 0 aliphatic carbocycles. The maximum Gasteiger partial charge on any atom is 0.490 e. The highest BCUT2D eigenvalue weighted by Gasteiger charge is 2.41. The fraction of sp³-hybridized carbons (Fsp3) is 0.545. The molecule has 3 rings (SSSR count). The van der Waals surface area contributed by atoms with E-state index in [-0.39, 0.29) is 29.6 Å². The van der Waals surface area contributed by atoms with Gasteiger partial charge < -0.3 is 24.3 Å². The summed E-state index contributed by atoms with van der Waals surface area (Å²) < 4.78 is 53.0. The van der Waals surface area contributed by atoms with Gasteiger partial charge in [-0.15, -0.1) is 5.10 Å². The van der Waals surface area contributed by atoms with Gasteiger partial charge in [-0.3, -0.25) is 14.0 Å². The van der Waals surface area contributed by atoms with Crippen LogP contribution in [0.25, 0.3) is 11.0 Å². The molecule has 18 nitrogen and oxygen atoms in total. The summed E-state index contributed by atoms with van der Waals surface area (Å²) in [7, 11) is -15.0. The first-order valence-corrected chi connectivity index (χ1v) is 12.9. The van der Waals surface area contributed by atoms with E-state index in [1.165, 1.54) is 11.7 Å². The lowest BCUT2D eigenvalue weighted by Crippen LogP contribution is -2.30. The molecule has 1 aliphatic heterocycles. The van der Waals surface area contributed by atoms with Gasteiger partial charge in [0.05, 0.1) is 12.7 Å². The van der Waals surface area contributed by atoms with Crippen LogP contribution < -0.4 is 5.56 Å². The van der Waals surface area contributed by atoms with Gasteiger partial charge in [-0.05, 0) is 12.8 Å². The van der Waals surface area contributed by atoms with E-state index in [0.717, 1.165) is 4.68 Å². The maximum atomic E-state index is 12.7. The Morgan fingerprint density at radius 2 is 1.88 bits per heavy atom. The molecule has 2 aromatic rings. The second-order valence-electron chi connectivity index (χ2n) is 6.30. The normalized spacial score (nSPS) is 23.0. The zero-order valence-electron chi connectivity index (χ0n) is 15.9. The van der Waals surface area contributed by atoms with E-state index >= 15 is 0 Å². The number of phosphoric ester groups is 1. The van der Waals surface area contributed by atoms with E-state index in [4.69, 9.17) is 24.7 Å². The Hall–Kier alpha value is -1.86. The summed E-state index contributed by atoms with van der Waals surface area (Å²) in [6.07, 6.45) is -1.45. The SMILES string of the molecule is Cn1nc(C#N)c2nnn(C3CCC(COP(=O)(O)OP(=O)(O)OP(=O)(O)O)O3)c(=O)c21. The topological polar surface area (TPSA) is 258 Å². The molecular formula is C11H15N6O12P3. The van der Waals surface area contributed by atoms with Crippen molar-refractivity contribution in [1.29, 1.82) is 5.26 Å². The van der Waals surface area contributed by atoms with Gasteiger partial charge >= 0.3 is 23.5 Å². The van der Waals surface area contributed by atoms with E-state index in [1.54, 1.807) is 6.07 Å². The van der Waals surface area contributed by atoms with Gasteiger partial charge in [-0.1, -0.05) is 5.21 Å². The van der Waals surface area contributed by atoms with Gasteiger partial charge in [0, 0.05) is 7.05 Å². The summed E-state index contributed by atoms with van der Waals surface area (Å²) in [4.78, 5) is 48.3. The Morgan fingerprint density at radius 1 is 1.19 bits per heavy atom. The summed E-state index contributed by atoms with van der Waals surface area (Å²) in [5, 5.41) is 20.4. The molecule has 0 bridgehead atoms. The lowest BCUT2D eigenvalue weighted by atomic mass is 10.2. The van der Waals surface area contributed by atoms with Crippen LogP contribution in [0.2, 0.25) is 0 Å². The van der Waals surface area contributed by atoms with E-state index in [2.05, 4.69) is 28.6 Å². The number of phosphoric acid groups is 3. The third kappa shape index (κ3) is 5.73. The average molecular weight is 516 g/mol. The van der Waals surface area contributed by atoms with Crippen LogP contribution in [-0.2, 0) is 38.6 Å². The molecule has 4 atom stereocenters. The van der Waals surface area contributed by atoms with Crippen LogP contribution >= 0.6 is 23.5 Å². The quantitative estimate of drug-likeness (QED) is 0.320. The number of nitriles is 1. The molecule has 4 unspecified atom stereocenters. The Kier molecular flexibility index (Phi) is 6.83. The third-order valence-corrected chi connectivity index (χ3v) is 7.78. The van der Waals surface area contributed by atoms with Crippen molar-refractivity contribution in [1.82, 2.24) is 24.8 Å². The van der Waals surface area contributed by atoms with Gasteiger partial charge in [0.1, 0.15) is 6.07 Å². The number of hydrogen-bond donors (Lipinski definition) is 4. The Morgan fingerprint density at radius 3 is 2.50 bits per heavy atom. The molecule has 0 aromatic carbocycles. The molecule has 3 heterocycles. The largest absolute Gasteiger partial charge is 0.490 e. The summed E-state index contributed by atoms with van der Waals surface area (Å²) in [6, 6.07) is 1.79. The van der Waals surface area contributed by atoms with E-state index < -0.39 is 48.0 Å². The van der Waals surface area contributed by atoms with Crippen molar-refractivity contribution in [2.24, 2.45) is 7.05 Å². The first-order chi connectivity index (χ1) is 14.7. The molecule has 0 saturated carbocycles. The Bertz CT molecular complexity index is 1280.